The van der Waals surface area contributed by atoms with E-state index in [9.17, 15) is 0 Å². The summed E-state index contributed by atoms with van der Waals surface area (Å²) < 4.78 is 12.9. The molecule has 1 aliphatic carbocycles. The van der Waals surface area contributed by atoms with Crippen molar-refractivity contribution in [3.8, 4) is 11.1 Å². The number of aryl methyl sites for hydroxylation is 2. The molecule has 1 aliphatic heterocycles. The first-order chi connectivity index (χ1) is 17.5. The van der Waals surface area contributed by atoms with Crippen molar-refractivity contribution in [2.24, 2.45) is 0 Å². The summed E-state index contributed by atoms with van der Waals surface area (Å²) in [5.41, 5.74) is 10.3. The van der Waals surface area contributed by atoms with E-state index < -0.39 is 23.7 Å². The third-order valence-corrected chi connectivity index (χ3v) is 8.68. The molecule has 1 saturated heterocycles. The van der Waals surface area contributed by atoms with Gasteiger partial charge in [-0.25, -0.2) is 0 Å². The quantitative estimate of drug-likeness (QED) is 0.305. The van der Waals surface area contributed by atoms with Crippen molar-refractivity contribution >= 4 is 25.9 Å². The Hall–Kier alpha value is -3.07. The van der Waals surface area contributed by atoms with Crippen molar-refractivity contribution in [2.45, 2.75) is 58.2 Å². The normalized spacial score (nSPS) is 18.5. The molecule has 2 nitrogen and oxygen atoms in total. The monoisotopic (exact) mass is 482 g/mol. The molecule has 4 aromatic carbocycles. The van der Waals surface area contributed by atoms with Gasteiger partial charge in [0.25, 0.3) is 0 Å². The molecule has 37 heavy (non-hydrogen) atoms. The van der Waals surface area contributed by atoms with E-state index in [0.717, 1.165) is 10.9 Å². The van der Waals surface area contributed by atoms with Crippen LogP contribution in [0.4, 0.5) is 0 Å². The van der Waals surface area contributed by atoms with Crippen LogP contribution in [0.3, 0.4) is 0 Å². The molecule has 2 aliphatic rings. The van der Waals surface area contributed by atoms with Gasteiger partial charge in [-0.1, -0.05) is 102 Å². The van der Waals surface area contributed by atoms with Crippen LogP contribution in [0, 0.1) is 13.8 Å². The Morgan fingerprint density at radius 1 is 0.595 bits per heavy atom. The molecule has 182 valence electrons. The van der Waals surface area contributed by atoms with E-state index in [4.69, 9.17) is 17.2 Å². The fourth-order valence-electron chi connectivity index (χ4n) is 5.88. The van der Waals surface area contributed by atoms with Gasteiger partial charge in [-0.15, -0.1) is 0 Å². The molecule has 0 unspecified atom stereocenters. The van der Waals surface area contributed by atoms with Crippen molar-refractivity contribution in [3.05, 3.63) is 118 Å². The van der Waals surface area contributed by atoms with Gasteiger partial charge in [0.15, 0.2) is 0 Å². The Morgan fingerprint density at radius 3 is 1.57 bits per heavy atom. The van der Waals surface area contributed by atoms with Crippen LogP contribution >= 0.6 is 0 Å². The topological polar surface area (TPSA) is 18.5 Å². The zero-order valence-corrected chi connectivity index (χ0v) is 22.6. The molecule has 0 amide bonds. The van der Waals surface area contributed by atoms with Crippen LogP contribution in [0.15, 0.2) is 84.9 Å². The van der Waals surface area contributed by atoms with Crippen molar-refractivity contribution in [1.82, 2.24) is 0 Å². The average Bonchev–Trinajstić information content (AvgIpc) is 3.26. The van der Waals surface area contributed by atoms with Crippen molar-refractivity contribution in [1.29, 1.82) is 0 Å². The minimum atomic E-state index is -0.513. The molecule has 0 atom stereocenters. The molecule has 4 aromatic rings. The number of hydrogen-bond acceptors (Lipinski definition) is 2. The fraction of sp³-hybridized carbons (Fsp3) is 0.273. The van der Waals surface area contributed by atoms with Crippen LogP contribution in [-0.2, 0) is 14.7 Å². The van der Waals surface area contributed by atoms with Gasteiger partial charge >= 0.3 is 7.12 Å². The van der Waals surface area contributed by atoms with Crippen LogP contribution in [0.2, 0.25) is 0 Å². The first-order valence-electron chi connectivity index (χ1n) is 13.1. The maximum Gasteiger partial charge on any atom is 0.494 e. The predicted molar refractivity (Wildman–Crippen MR) is 154 cm³/mol. The largest absolute Gasteiger partial charge is 0.494 e. The van der Waals surface area contributed by atoms with Gasteiger partial charge in [0.2, 0.25) is 0 Å². The lowest BCUT2D eigenvalue weighted by atomic mass is 9.65. The van der Waals surface area contributed by atoms with Gasteiger partial charge < -0.3 is 9.31 Å². The lowest BCUT2D eigenvalue weighted by Crippen LogP contribution is -2.41. The van der Waals surface area contributed by atoms with Gasteiger partial charge in [-0.3, -0.25) is 0 Å². The standard InChI is InChI=1S/C33H32B2O2/c1-21-7-11-23(12-8-21)33(24-13-9-22(2)10-14-24)29-19-25(34)15-17-27(29)28-18-16-26(20-30(28)33)35-36-31(3,4)32(5,6)37-35/h7-20H,1-6H3. The van der Waals surface area contributed by atoms with Crippen LogP contribution < -0.4 is 10.9 Å². The Balaban J connectivity index is 1.66. The zero-order valence-electron chi connectivity index (χ0n) is 22.6. The maximum absolute atomic E-state index is 6.47. The summed E-state index contributed by atoms with van der Waals surface area (Å²) in [6.45, 7) is 12.7. The first-order valence-corrected chi connectivity index (χ1v) is 13.1. The Kier molecular flexibility index (Phi) is 5.39. The van der Waals surface area contributed by atoms with Gasteiger partial charge in [0, 0.05) is 0 Å². The highest BCUT2D eigenvalue weighted by Gasteiger charge is 2.53. The van der Waals surface area contributed by atoms with E-state index in [2.05, 4.69) is 120 Å². The van der Waals surface area contributed by atoms with E-state index in [1.54, 1.807) is 0 Å². The average molecular weight is 482 g/mol. The summed E-state index contributed by atoms with van der Waals surface area (Å²) in [5.74, 6) is 0. The van der Waals surface area contributed by atoms with Crippen LogP contribution in [0.1, 0.15) is 61.1 Å². The van der Waals surface area contributed by atoms with Crippen molar-refractivity contribution in [2.75, 3.05) is 0 Å². The van der Waals surface area contributed by atoms with E-state index in [-0.39, 0.29) is 0 Å². The SMILES string of the molecule is [B]c1ccc2c(c1)C(c1ccc(C)cc1)(c1ccc(C)cc1)c1cc(B3OC(C)(C)C(C)(C)O3)ccc1-2. The van der Waals surface area contributed by atoms with E-state index in [1.807, 2.05) is 6.07 Å². The molecule has 6 rings (SSSR count). The molecule has 0 bridgehead atoms. The highest BCUT2D eigenvalue weighted by molar-refractivity contribution is 6.62. The summed E-state index contributed by atoms with van der Waals surface area (Å²) in [6, 6.07) is 30.9. The van der Waals surface area contributed by atoms with E-state index in [0.29, 0.717) is 0 Å². The molecule has 0 aromatic heterocycles. The minimum Gasteiger partial charge on any atom is -0.399 e. The fourth-order valence-corrected chi connectivity index (χ4v) is 5.88. The number of hydrogen-bond donors (Lipinski definition) is 0. The lowest BCUT2D eigenvalue weighted by molar-refractivity contribution is 0.00578. The summed E-state index contributed by atoms with van der Waals surface area (Å²) in [6.07, 6.45) is 0. The van der Waals surface area contributed by atoms with E-state index >= 15 is 0 Å². The molecule has 4 heteroatoms. The third kappa shape index (κ3) is 3.57. The molecule has 1 fully saturated rings. The zero-order chi connectivity index (χ0) is 26.2. The Bertz CT molecular complexity index is 1440. The summed E-state index contributed by atoms with van der Waals surface area (Å²) >= 11 is 0. The second-order valence-corrected chi connectivity index (χ2v) is 11.7. The molecular weight excluding hydrogens is 450 g/mol. The maximum atomic E-state index is 6.47. The summed E-state index contributed by atoms with van der Waals surface area (Å²) in [4.78, 5) is 0. The molecule has 0 saturated carbocycles. The van der Waals surface area contributed by atoms with Gasteiger partial charge in [-0.05, 0) is 80.4 Å². The number of benzene rings is 4. The van der Waals surface area contributed by atoms with Gasteiger partial charge in [0.1, 0.15) is 7.85 Å². The van der Waals surface area contributed by atoms with Crippen molar-refractivity contribution in [3.63, 3.8) is 0 Å². The minimum absolute atomic E-state index is 0.404. The predicted octanol–water partition coefficient (Wildman–Crippen LogP) is 5.76. The number of rotatable bonds is 3. The molecule has 2 radical (unpaired) electrons. The van der Waals surface area contributed by atoms with E-state index in [1.165, 1.54) is 44.5 Å². The smallest absolute Gasteiger partial charge is 0.399 e. The van der Waals surface area contributed by atoms with Crippen LogP contribution in [0.25, 0.3) is 11.1 Å². The molecule has 1 heterocycles. The second-order valence-electron chi connectivity index (χ2n) is 11.7. The van der Waals surface area contributed by atoms with Crippen LogP contribution in [0.5, 0.6) is 0 Å². The summed E-state index contributed by atoms with van der Waals surface area (Å²) in [5, 5.41) is 0. The highest BCUT2D eigenvalue weighted by Crippen LogP contribution is 2.55. The van der Waals surface area contributed by atoms with Gasteiger partial charge in [0.05, 0.1) is 16.6 Å². The van der Waals surface area contributed by atoms with Gasteiger partial charge in [-0.2, -0.15) is 0 Å². The first kappa shape index (κ1) is 24.3. The highest BCUT2D eigenvalue weighted by atomic mass is 16.7. The molecular formula is C33H32B2O2. The summed E-state index contributed by atoms with van der Waals surface area (Å²) in [7, 11) is 6.01. The second kappa shape index (κ2) is 8.21. The Morgan fingerprint density at radius 2 is 1.05 bits per heavy atom. The Labute approximate surface area is 222 Å². The lowest BCUT2D eigenvalue weighted by Gasteiger charge is -2.34. The van der Waals surface area contributed by atoms with Crippen molar-refractivity contribution < 1.29 is 9.31 Å². The third-order valence-electron chi connectivity index (χ3n) is 8.68. The molecule has 0 spiro atoms. The molecule has 0 N–H and O–H groups in total. The van der Waals surface area contributed by atoms with Crippen LogP contribution in [-0.4, -0.2) is 26.2 Å². The number of fused-ring (bicyclic) bond motifs is 3.